The molecule has 1 fully saturated rings. The average Bonchev–Trinajstić information content (AvgIpc) is 1.94. The van der Waals surface area contributed by atoms with Gasteiger partial charge >= 0.3 is 5.97 Å². The summed E-state index contributed by atoms with van der Waals surface area (Å²) in [5, 5.41) is 3.19. The molecule has 1 heterocycles. The van der Waals surface area contributed by atoms with Gasteiger partial charge < -0.3 is 4.74 Å². The SMILES string of the molecule is CC(C)[C@@H]1N[C@@H](C)COC1=O. The largest absolute Gasteiger partial charge is 0.463 e. The number of carbonyl (C=O) groups excluding carboxylic acids is 1. The minimum atomic E-state index is -0.113. The maximum Gasteiger partial charge on any atom is 0.323 e. The fourth-order valence-electron chi connectivity index (χ4n) is 1.18. The topological polar surface area (TPSA) is 38.3 Å². The highest BCUT2D eigenvalue weighted by molar-refractivity contribution is 5.76. The van der Waals surface area contributed by atoms with Crippen molar-refractivity contribution < 1.29 is 9.53 Å². The molecule has 1 aliphatic heterocycles. The molecule has 1 saturated heterocycles. The van der Waals surface area contributed by atoms with Gasteiger partial charge in [-0.1, -0.05) is 13.8 Å². The minimum Gasteiger partial charge on any atom is -0.463 e. The van der Waals surface area contributed by atoms with Crippen LogP contribution < -0.4 is 5.32 Å². The standard InChI is InChI=1S/C8H15NO2/c1-5(2)7-8(10)11-4-6(3)9-7/h5-7,9H,4H2,1-3H3/t6-,7-/m0/s1. The second kappa shape index (κ2) is 3.22. The molecule has 0 radical (unpaired) electrons. The van der Waals surface area contributed by atoms with Crippen LogP contribution in [0, 0.1) is 5.92 Å². The van der Waals surface area contributed by atoms with Crippen molar-refractivity contribution in [3.8, 4) is 0 Å². The quantitative estimate of drug-likeness (QED) is 0.565. The van der Waals surface area contributed by atoms with Crippen molar-refractivity contribution >= 4 is 5.97 Å². The highest BCUT2D eigenvalue weighted by Crippen LogP contribution is 2.09. The predicted octanol–water partition coefficient (Wildman–Crippen LogP) is 0.546. The molecule has 1 N–H and O–H groups in total. The average molecular weight is 157 g/mol. The van der Waals surface area contributed by atoms with Crippen molar-refractivity contribution in [3.05, 3.63) is 0 Å². The summed E-state index contributed by atoms with van der Waals surface area (Å²) in [7, 11) is 0. The summed E-state index contributed by atoms with van der Waals surface area (Å²) in [5.41, 5.74) is 0. The first-order chi connectivity index (χ1) is 5.11. The van der Waals surface area contributed by atoms with E-state index in [9.17, 15) is 4.79 Å². The van der Waals surface area contributed by atoms with Crippen LogP contribution in [0.5, 0.6) is 0 Å². The van der Waals surface area contributed by atoms with E-state index in [4.69, 9.17) is 4.74 Å². The number of carbonyl (C=O) groups is 1. The lowest BCUT2D eigenvalue weighted by Crippen LogP contribution is -2.52. The minimum absolute atomic E-state index is 0.112. The van der Waals surface area contributed by atoms with Gasteiger partial charge in [0.1, 0.15) is 12.6 Å². The Kier molecular flexibility index (Phi) is 2.49. The second-order valence-electron chi connectivity index (χ2n) is 3.42. The molecule has 0 aromatic heterocycles. The lowest BCUT2D eigenvalue weighted by atomic mass is 10.0. The summed E-state index contributed by atoms with van der Waals surface area (Å²) >= 11 is 0. The summed E-state index contributed by atoms with van der Waals surface area (Å²) in [4.78, 5) is 11.1. The Morgan fingerprint density at radius 1 is 1.64 bits per heavy atom. The third-order valence-corrected chi connectivity index (χ3v) is 1.86. The van der Waals surface area contributed by atoms with Crippen LogP contribution in [-0.4, -0.2) is 24.7 Å². The molecule has 64 valence electrons. The van der Waals surface area contributed by atoms with Crippen LogP contribution in [-0.2, 0) is 9.53 Å². The Morgan fingerprint density at radius 3 is 2.73 bits per heavy atom. The highest BCUT2D eigenvalue weighted by atomic mass is 16.5. The third kappa shape index (κ3) is 1.93. The smallest absolute Gasteiger partial charge is 0.323 e. The van der Waals surface area contributed by atoms with E-state index in [1.165, 1.54) is 0 Å². The van der Waals surface area contributed by atoms with Gasteiger partial charge in [-0.3, -0.25) is 10.1 Å². The molecular formula is C8H15NO2. The number of morpholine rings is 1. The first kappa shape index (κ1) is 8.53. The molecule has 11 heavy (non-hydrogen) atoms. The van der Waals surface area contributed by atoms with Gasteiger partial charge in [0.25, 0.3) is 0 Å². The lowest BCUT2D eigenvalue weighted by molar-refractivity contribution is -0.152. The zero-order valence-electron chi connectivity index (χ0n) is 7.26. The van der Waals surface area contributed by atoms with Crippen LogP contribution in [0.1, 0.15) is 20.8 Å². The Hall–Kier alpha value is -0.570. The van der Waals surface area contributed by atoms with Gasteiger partial charge in [-0.2, -0.15) is 0 Å². The predicted molar refractivity (Wildman–Crippen MR) is 42.2 cm³/mol. The van der Waals surface area contributed by atoms with Gasteiger partial charge in [0.15, 0.2) is 0 Å². The maximum absolute atomic E-state index is 11.1. The molecule has 2 atom stereocenters. The van der Waals surface area contributed by atoms with E-state index in [1.54, 1.807) is 0 Å². The van der Waals surface area contributed by atoms with Crippen molar-refractivity contribution in [2.24, 2.45) is 5.92 Å². The molecule has 0 aromatic rings. The zero-order valence-corrected chi connectivity index (χ0v) is 7.26. The van der Waals surface area contributed by atoms with Crippen molar-refractivity contribution in [2.75, 3.05) is 6.61 Å². The first-order valence-electron chi connectivity index (χ1n) is 4.04. The van der Waals surface area contributed by atoms with Gasteiger partial charge in [-0.05, 0) is 12.8 Å². The van der Waals surface area contributed by atoms with E-state index < -0.39 is 0 Å². The van der Waals surface area contributed by atoms with E-state index in [2.05, 4.69) is 5.32 Å². The number of cyclic esters (lactones) is 1. The van der Waals surface area contributed by atoms with E-state index in [0.29, 0.717) is 18.6 Å². The highest BCUT2D eigenvalue weighted by Gasteiger charge is 2.29. The van der Waals surface area contributed by atoms with Crippen molar-refractivity contribution in [3.63, 3.8) is 0 Å². The Balaban J connectivity index is 2.54. The molecule has 3 nitrogen and oxygen atoms in total. The van der Waals surface area contributed by atoms with Gasteiger partial charge in [0, 0.05) is 6.04 Å². The number of hydrogen-bond donors (Lipinski definition) is 1. The Bertz CT molecular complexity index is 156. The van der Waals surface area contributed by atoms with Crippen LogP contribution in [0.25, 0.3) is 0 Å². The molecule has 1 rings (SSSR count). The van der Waals surface area contributed by atoms with E-state index >= 15 is 0 Å². The number of ether oxygens (including phenoxy) is 1. The van der Waals surface area contributed by atoms with Gasteiger partial charge in [0.2, 0.25) is 0 Å². The lowest BCUT2D eigenvalue weighted by Gasteiger charge is -2.29. The van der Waals surface area contributed by atoms with Crippen LogP contribution >= 0.6 is 0 Å². The number of rotatable bonds is 1. The van der Waals surface area contributed by atoms with Gasteiger partial charge in [0.05, 0.1) is 0 Å². The van der Waals surface area contributed by atoms with Crippen molar-refractivity contribution in [1.82, 2.24) is 5.32 Å². The van der Waals surface area contributed by atoms with Crippen LogP contribution in [0.3, 0.4) is 0 Å². The molecule has 0 unspecified atom stereocenters. The fourth-order valence-corrected chi connectivity index (χ4v) is 1.18. The molecular weight excluding hydrogens is 142 g/mol. The molecule has 0 bridgehead atoms. The fraction of sp³-hybridized carbons (Fsp3) is 0.875. The summed E-state index contributed by atoms with van der Waals surface area (Å²) < 4.78 is 4.96. The molecule has 0 saturated carbocycles. The third-order valence-electron chi connectivity index (χ3n) is 1.86. The zero-order chi connectivity index (χ0) is 8.43. The molecule has 3 heteroatoms. The summed E-state index contributed by atoms with van der Waals surface area (Å²) in [6.45, 7) is 6.54. The van der Waals surface area contributed by atoms with E-state index in [0.717, 1.165) is 0 Å². The molecule has 0 amide bonds. The maximum atomic E-state index is 11.1. The Morgan fingerprint density at radius 2 is 2.27 bits per heavy atom. The molecule has 0 spiro atoms. The molecule has 0 aromatic carbocycles. The number of esters is 1. The van der Waals surface area contributed by atoms with Crippen molar-refractivity contribution in [1.29, 1.82) is 0 Å². The van der Waals surface area contributed by atoms with Crippen molar-refractivity contribution in [2.45, 2.75) is 32.9 Å². The summed E-state index contributed by atoms with van der Waals surface area (Å²) in [6, 6.07) is 0.179. The number of hydrogen-bond acceptors (Lipinski definition) is 3. The van der Waals surface area contributed by atoms with Crippen LogP contribution in [0.2, 0.25) is 0 Å². The van der Waals surface area contributed by atoms with Crippen LogP contribution in [0.15, 0.2) is 0 Å². The van der Waals surface area contributed by atoms with E-state index in [-0.39, 0.29) is 12.0 Å². The molecule has 1 aliphatic rings. The molecule has 0 aliphatic carbocycles. The monoisotopic (exact) mass is 157 g/mol. The van der Waals surface area contributed by atoms with Gasteiger partial charge in [-0.15, -0.1) is 0 Å². The summed E-state index contributed by atoms with van der Waals surface area (Å²) in [5.74, 6) is 0.198. The Labute approximate surface area is 67.1 Å². The summed E-state index contributed by atoms with van der Waals surface area (Å²) in [6.07, 6.45) is 0. The second-order valence-corrected chi connectivity index (χ2v) is 3.42. The number of nitrogens with one attached hydrogen (secondary N) is 1. The normalized spacial score (nSPS) is 32.2. The van der Waals surface area contributed by atoms with E-state index in [1.807, 2.05) is 20.8 Å². The first-order valence-corrected chi connectivity index (χ1v) is 4.04. The van der Waals surface area contributed by atoms with Crippen LogP contribution in [0.4, 0.5) is 0 Å². The van der Waals surface area contributed by atoms with Gasteiger partial charge in [-0.25, -0.2) is 0 Å².